The molecule has 3 rings (SSSR count). The predicted molar refractivity (Wildman–Crippen MR) is 149 cm³/mol. The number of thioether (sulfide) groups is 1. The van der Waals surface area contributed by atoms with Crippen LogP contribution in [0.25, 0.3) is 0 Å². The van der Waals surface area contributed by atoms with Gasteiger partial charge in [0.15, 0.2) is 0 Å². The molecule has 0 fully saturated rings. The van der Waals surface area contributed by atoms with Crippen LogP contribution < -0.4 is 5.73 Å². The summed E-state index contributed by atoms with van der Waals surface area (Å²) in [6, 6.07) is 28.2. The van der Waals surface area contributed by atoms with Gasteiger partial charge in [-0.3, -0.25) is 4.79 Å². The molecule has 0 aliphatic rings. The molecule has 0 aliphatic carbocycles. The van der Waals surface area contributed by atoms with E-state index in [0.29, 0.717) is 24.9 Å². The van der Waals surface area contributed by atoms with Gasteiger partial charge < -0.3 is 10.8 Å². The zero-order chi connectivity index (χ0) is 25.1. The molecule has 0 spiro atoms. The normalized spacial score (nSPS) is 14.6. The Bertz CT molecular complexity index is 1100. The molecule has 0 aromatic heterocycles. The minimum absolute atomic E-state index is 0.0813. The third-order valence-electron chi connectivity index (χ3n) is 6.46. The van der Waals surface area contributed by atoms with Gasteiger partial charge in [0.25, 0.3) is 0 Å². The average molecular weight is 488 g/mol. The van der Waals surface area contributed by atoms with Crippen LogP contribution in [0.1, 0.15) is 63.0 Å². The first-order chi connectivity index (χ1) is 17.0. The van der Waals surface area contributed by atoms with Crippen LogP contribution in [0.2, 0.25) is 0 Å². The number of nitrogen functional groups attached to an aromatic ring is 1. The molecule has 0 radical (unpaired) electrons. The van der Waals surface area contributed by atoms with E-state index < -0.39 is 5.60 Å². The third-order valence-corrected chi connectivity index (χ3v) is 7.59. The second-order valence-corrected chi connectivity index (χ2v) is 10.3. The van der Waals surface area contributed by atoms with E-state index in [1.807, 2.05) is 60.7 Å². The molecule has 0 saturated carbocycles. The van der Waals surface area contributed by atoms with Crippen LogP contribution in [0, 0.1) is 0 Å². The van der Waals surface area contributed by atoms with Crippen molar-refractivity contribution in [1.82, 2.24) is 0 Å². The van der Waals surface area contributed by atoms with Gasteiger partial charge in [0.2, 0.25) is 0 Å². The van der Waals surface area contributed by atoms with Crippen molar-refractivity contribution in [2.45, 2.75) is 68.8 Å². The first-order valence-electron chi connectivity index (χ1n) is 12.5. The smallest absolute Gasteiger partial charge is 0.147 e. The van der Waals surface area contributed by atoms with E-state index in [1.165, 1.54) is 5.56 Å². The summed E-state index contributed by atoms with van der Waals surface area (Å²) >= 11 is 1.60. The van der Waals surface area contributed by atoms with Crippen molar-refractivity contribution in [3.63, 3.8) is 0 Å². The molecule has 0 amide bonds. The number of carbonyl (C=O) groups is 1. The van der Waals surface area contributed by atoms with Gasteiger partial charge in [0.05, 0.1) is 5.60 Å². The summed E-state index contributed by atoms with van der Waals surface area (Å²) in [4.78, 5) is 14.6. The van der Waals surface area contributed by atoms with E-state index in [9.17, 15) is 9.90 Å². The number of benzene rings is 3. The molecule has 0 heterocycles. The van der Waals surface area contributed by atoms with Gasteiger partial charge in [-0.25, -0.2) is 0 Å². The maximum atomic E-state index is 12.6. The molecule has 184 valence electrons. The Balaban J connectivity index is 2.01. The average Bonchev–Trinajstić information content (AvgIpc) is 2.87. The lowest BCUT2D eigenvalue weighted by molar-refractivity contribution is -0.105. The van der Waals surface area contributed by atoms with Crippen LogP contribution >= 0.6 is 11.8 Å². The molecule has 4 heteroatoms. The molecule has 2 atom stereocenters. The number of allylic oxidation sites excluding steroid dienone is 1. The molecular formula is C31H37NO2S. The Morgan fingerprint density at radius 3 is 2.26 bits per heavy atom. The van der Waals surface area contributed by atoms with Gasteiger partial charge in [-0.2, -0.15) is 0 Å². The molecule has 0 bridgehead atoms. The minimum atomic E-state index is -0.899. The molecule has 3 N–H and O–H groups in total. The summed E-state index contributed by atoms with van der Waals surface area (Å²) in [7, 11) is 0. The molecule has 0 aliphatic heterocycles. The van der Waals surface area contributed by atoms with Crippen molar-refractivity contribution < 1.29 is 9.90 Å². The number of anilines is 1. The fourth-order valence-corrected chi connectivity index (χ4v) is 5.90. The number of hydrogen-bond acceptors (Lipinski definition) is 4. The number of aryl methyl sites for hydroxylation is 1. The van der Waals surface area contributed by atoms with Crippen LogP contribution in [0.3, 0.4) is 0 Å². The minimum Gasteiger partial charge on any atom is -0.399 e. The first kappa shape index (κ1) is 26.8. The summed E-state index contributed by atoms with van der Waals surface area (Å²) in [5, 5.41) is 11.9. The van der Waals surface area contributed by atoms with Crippen molar-refractivity contribution >= 4 is 23.7 Å². The van der Waals surface area contributed by atoms with Gasteiger partial charge in [0.1, 0.15) is 6.29 Å². The Morgan fingerprint density at radius 2 is 1.66 bits per heavy atom. The number of aliphatic hydroxyl groups is 1. The maximum Gasteiger partial charge on any atom is 0.147 e. The van der Waals surface area contributed by atoms with Crippen LogP contribution in [0.4, 0.5) is 5.69 Å². The highest BCUT2D eigenvalue weighted by atomic mass is 32.2. The highest BCUT2D eigenvalue weighted by Crippen LogP contribution is 2.42. The molecular weight excluding hydrogens is 450 g/mol. The lowest BCUT2D eigenvalue weighted by Gasteiger charge is -2.31. The molecule has 35 heavy (non-hydrogen) atoms. The second-order valence-electron chi connectivity index (χ2n) is 9.18. The fraction of sp³-hybridized carbons (Fsp3) is 0.323. The van der Waals surface area contributed by atoms with E-state index in [0.717, 1.165) is 46.5 Å². The Labute approximate surface area is 214 Å². The quantitative estimate of drug-likeness (QED) is 0.113. The van der Waals surface area contributed by atoms with Crippen molar-refractivity contribution in [3.8, 4) is 0 Å². The Hall–Kier alpha value is -2.82. The lowest BCUT2D eigenvalue weighted by atomic mass is 9.83. The molecule has 3 aromatic rings. The van der Waals surface area contributed by atoms with Crippen LogP contribution in [0.5, 0.6) is 0 Å². The second kappa shape index (κ2) is 13.3. The summed E-state index contributed by atoms with van der Waals surface area (Å²) in [5.74, 6) is -0.0813. The number of rotatable bonds is 13. The van der Waals surface area contributed by atoms with Gasteiger partial charge in [-0.05, 0) is 66.0 Å². The predicted octanol–water partition coefficient (Wildman–Crippen LogP) is 7.56. The summed E-state index contributed by atoms with van der Waals surface area (Å²) in [6.45, 7) is 4.19. The fourth-order valence-electron chi connectivity index (χ4n) is 4.67. The van der Waals surface area contributed by atoms with E-state index in [-0.39, 0.29) is 5.92 Å². The largest absolute Gasteiger partial charge is 0.399 e. The highest BCUT2D eigenvalue weighted by molar-refractivity contribution is 8.03. The monoisotopic (exact) mass is 487 g/mol. The topological polar surface area (TPSA) is 63.3 Å². The molecule has 3 aromatic carbocycles. The van der Waals surface area contributed by atoms with E-state index in [1.54, 1.807) is 11.8 Å². The zero-order valence-corrected chi connectivity index (χ0v) is 21.6. The number of hydrogen-bond donors (Lipinski definition) is 2. The third kappa shape index (κ3) is 7.84. The van der Waals surface area contributed by atoms with Gasteiger partial charge >= 0.3 is 0 Å². The van der Waals surface area contributed by atoms with Gasteiger partial charge in [-0.1, -0.05) is 92.7 Å². The molecule has 0 saturated heterocycles. The van der Waals surface area contributed by atoms with Gasteiger partial charge in [0, 0.05) is 28.5 Å². The lowest BCUT2D eigenvalue weighted by Crippen LogP contribution is -2.30. The molecule has 0 unspecified atom stereocenters. The number of carbonyl (C=O) groups excluding carboxylic acids is 1. The molecule has 3 nitrogen and oxygen atoms in total. The van der Waals surface area contributed by atoms with Gasteiger partial charge in [-0.15, -0.1) is 0 Å². The van der Waals surface area contributed by atoms with E-state index in [2.05, 4.69) is 38.1 Å². The number of nitrogens with two attached hydrogens (primary N) is 1. The van der Waals surface area contributed by atoms with Crippen molar-refractivity contribution in [3.05, 3.63) is 107 Å². The zero-order valence-electron chi connectivity index (χ0n) is 20.8. The standard InChI is InChI=1S/C31H37NO2S/c1-3-19-31(34,20-18-24-12-7-5-8-13-24)22-30(35-27-16-9-6-10-17-27)29(23-33)28(4-2)25-14-11-15-26(32)21-25/h5-17,21,23,28,34H,3-4,18-20,22,32H2,1-2H3/b30-29-/t28-,31-/m0/s1. The van der Waals surface area contributed by atoms with Crippen molar-refractivity contribution in [2.75, 3.05) is 5.73 Å². The van der Waals surface area contributed by atoms with Crippen LogP contribution in [-0.4, -0.2) is 17.0 Å². The highest BCUT2D eigenvalue weighted by Gasteiger charge is 2.30. The van der Waals surface area contributed by atoms with Crippen molar-refractivity contribution in [2.24, 2.45) is 0 Å². The number of aldehydes is 1. The Kier molecular flexibility index (Phi) is 10.2. The first-order valence-corrected chi connectivity index (χ1v) is 13.3. The maximum absolute atomic E-state index is 12.6. The summed E-state index contributed by atoms with van der Waals surface area (Å²) in [5.41, 5.74) is 8.85. The SMILES string of the molecule is CCC[C@](O)(CCc1ccccc1)C/C(Sc1ccccc1)=C(\C=O)[C@@H](CC)c1cccc(N)c1. The van der Waals surface area contributed by atoms with Crippen molar-refractivity contribution in [1.29, 1.82) is 0 Å². The van der Waals surface area contributed by atoms with E-state index in [4.69, 9.17) is 5.73 Å². The Morgan fingerprint density at radius 1 is 0.971 bits per heavy atom. The van der Waals surface area contributed by atoms with Crippen LogP contribution in [-0.2, 0) is 11.2 Å². The van der Waals surface area contributed by atoms with Crippen LogP contribution in [0.15, 0.2) is 100 Å². The van der Waals surface area contributed by atoms with E-state index >= 15 is 0 Å². The summed E-state index contributed by atoms with van der Waals surface area (Å²) < 4.78 is 0. The summed E-state index contributed by atoms with van der Waals surface area (Å²) in [6.07, 6.45) is 5.20.